The molecule has 4 atom stereocenters. The summed E-state index contributed by atoms with van der Waals surface area (Å²) in [4.78, 5) is 0. The Morgan fingerprint density at radius 3 is 2.25 bits per heavy atom. The van der Waals surface area contributed by atoms with E-state index in [9.17, 15) is 0 Å². The van der Waals surface area contributed by atoms with Crippen molar-refractivity contribution in [2.45, 2.75) is 37.8 Å². The van der Waals surface area contributed by atoms with Gasteiger partial charge in [-0.05, 0) is 12.3 Å². The maximum atomic E-state index is 5.94. The average molecular weight is 300 g/mol. The van der Waals surface area contributed by atoms with Crippen LogP contribution in [0.3, 0.4) is 0 Å². The topological polar surface area (TPSA) is 9.23 Å². The highest BCUT2D eigenvalue weighted by Crippen LogP contribution is 2.46. The lowest BCUT2D eigenvalue weighted by atomic mass is 9.90. The monoisotopic (exact) mass is 298 g/mol. The second-order valence-electron chi connectivity index (χ2n) is 3.63. The molecule has 1 aliphatic heterocycles. The fourth-order valence-corrected chi connectivity index (χ4v) is 3.09. The van der Waals surface area contributed by atoms with Crippen LogP contribution in [0.1, 0.15) is 27.2 Å². The molecule has 1 fully saturated rings. The molecule has 1 unspecified atom stereocenters. The summed E-state index contributed by atoms with van der Waals surface area (Å²) in [5, 5.41) is 0.863. The Morgan fingerprint density at radius 1 is 1.42 bits per heavy atom. The summed E-state index contributed by atoms with van der Waals surface area (Å²) in [5.41, 5.74) is 0. The van der Waals surface area contributed by atoms with Crippen LogP contribution in [0.5, 0.6) is 0 Å². The van der Waals surface area contributed by atoms with E-state index < -0.39 is 0 Å². The molecule has 0 saturated carbocycles. The van der Waals surface area contributed by atoms with Crippen LogP contribution in [0.25, 0.3) is 0 Å². The Morgan fingerprint density at radius 2 is 2.00 bits per heavy atom. The third kappa shape index (κ3) is 1.73. The van der Waals surface area contributed by atoms with Gasteiger partial charge in [0.15, 0.2) is 0 Å². The quantitative estimate of drug-likeness (QED) is 0.709. The summed E-state index contributed by atoms with van der Waals surface area (Å²) in [7, 11) is 0. The zero-order valence-electron chi connectivity index (χ0n) is 7.81. The summed E-state index contributed by atoms with van der Waals surface area (Å²) in [5.74, 6) is 1.22. The molecule has 1 nitrogen and oxygen atoms in total. The number of rotatable bonds is 2. The normalized spacial score (nSPS) is 48.2. The predicted molar refractivity (Wildman–Crippen MR) is 58.9 cm³/mol. The molecule has 12 heavy (non-hydrogen) atoms. The maximum Gasteiger partial charge on any atom is 0.135 e. The Balaban J connectivity index is 2.72. The first kappa shape index (κ1) is 11.0. The number of alkyl halides is 2. The van der Waals surface area contributed by atoms with Crippen LogP contribution >= 0.6 is 31.9 Å². The molecule has 1 aliphatic rings. The number of ether oxygens (including phenoxy) is 1. The molecule has 3 heteroatoms. The van der Waals surface area contributed by atoms with Crippen molar-refractivity contribution in [1.82, 2.24) is 0 Å². The van der Waals surface area contributed by atoms with Gasteiger partial charge in [-0.2, -0.15) is 0 Å². The largest absolute Gasteiger partial charge is 0.359 e. The summed E-state index contributed by atoms with van der Waals surface area (Å²) >= 11 is 7.15. The minimum atomic E-state index is -0.132. The van der Waals surface area contributed by atoms with E-state index in [1.54, 1.807) is 0 Å². The van der Waals surface area contributed by atoms with E-state index in [-0.39, 0.29) is 4.51 Å². The highest BCUT2D eigenvalue weighted by Gasteiger charge is 2.47. The fraction of sp³-hybridized carbons (Fsp3) is 1.00. The molecule has 0 radical (unpaired) electrons. The van der Waals surface area contributed by atoms with Crippen LogP contribution in [0.4, 0.5) is 0 Å². The first-order valence-corrected chi connectivity index (χ1v) is 6.39. The highest BCUT2D eigenvalue weighted by molar-refractivity contribution is 9.12. The molecular weight excluding hydrogens is 284 g/mol. The Bertz CT molecular complexity index is 163. The van der Waals surface area contributed by atoms with Gasteiger partial charge in [0.25, 0.3) is 0 Å². The summed E-state index contributed by atoms with van der Waals surface area (Å²) in [6, 6.07) is 0. The highest BCUT2D eigenvalue weighted by atomic mass is 79.9. The zero-order valence-corrected chi connectivity index (χ0v) is 11.0. The van der Waals surface area contributed by atoms with Crippen molar-refractivity contribution in [3.63, 3.8) is 0 Å². The van der Waals surface area contributed by atoms with E-state index >= 15 is 0 Å². The molecule has 1 rings (SSSR count). The molecule has 72 valence electrons. The molecular formula is C9H16Br2O. The minimum absolute atomic E-state index is 0.132. The van der Waals surface area contributed by atoms with E-state index in [1.165, 1.54) is 0 Å². The van der Waals surface area contributed by atoms with Crippen LogP contribution in [0.2, 0.25) is 0 Å². The number of hydrogen-bond acceptors (Lipinski definition) is 1. The van der Waals surface area contributed by atoms with Gasteiger partial charge in [-0.3, -0.25) is 0 Å². The van der Waals surface area contributed by atoms with Gasteiger partial charge in [-0.25, -0.2) is 0 Å². The Kier molecular flexibility index (Phi) is 3.64. The van der Waals surface area contributed by atoms with Crippen molar-refractivity contribution in [2.75, 3.05) is 5.33 Å². The average Bonchev–Trinajstić information content (AvgIpc) is 2.31. The van der Waals surface area contributed by atoms with E-state index in [0.717, 1.165) is 11.8 Å². The van der Waals surface area contributed by atoms with Crippen LogP contribution in [-0.2, 0) is 4.74 Å². The molecule has 1 heterocycles. The van der Waals surface area contributed by atoms with Gasteiger partial charge in [-0.15, -0.1) is 0 Å². The van der Waals surface area contributed by atoms with Gasteiger partial charge in [0, 0.05) is 11.2 Å². The third-order valence-electron chi connectivity index (χ3n) is 2.99. The first-order valence-electron chi connectivity index (χ1n) is 4.48. The fourth-order valence-electron chi connectivity index (χ4n) is 1.79. The number of halogens is 2. The summed E-state index contributed by atoms with van der Waals surface area (Å²) in [6.07, 6.45) is 1.52. The number of hydrogen-bond donors (Lipinski definition) is 0. The second-order valence-corrected chi connectivity index (χ2v) is 5.54. The smallest absolute Gasteiger partial charge is 0.135 e. The molecule has 0 spiro atoms. The molecule has 0 aliphatic carbocycles. The van der Waals surface area contributed by atoms with E-state index in [0.29, 0.717) is 17.9 Å². The van der Waals surface area contributed by atoms with Crippen LogP contribution in [-0.4, -0.2) is 15.9 Å². The summed E-state index contributed by atoms with van der Waals surface area (Å²) < 4.78 is 5.81. The van der Waals surface area contributed by atoms with Crippen molar-refractivity contribution in [3.8, 4) is 0 Å². The van der Waals surface area contributed by atoms with Crippen molar-refractivity contribution in [2.24, 2.45) is 11.8 Å². The van der Waals surface area contributed by atoms with E-state index in [4.69, 9.17) is 4.74 Å². The van der Waals surface area contributed by atoms with Gasteiger partial charge < -0.3 is 4.74 Å². The van der Waals surface area contributed by atoms with Gasteiger partial charge in [0.2, 0.25) is 0 Å². The van der Waals surface area contributed by atoms with Crippen LogP contribution < -0.4 is 0 Å². The SMILES string of the molecule is CC[C@H]1O[C@](Br)(CBr)C(C)[C@H]1C. The second kappa shape index (κ2) is 3.97. The summed E-state index contributed by atoms with van der Waals surface area (Å²) in [6.45, 7) is 6.70. The minimum Gasteiger partial charge on any atom is -0.359 e. The van der Waals surface area contributed by atoms with Crippen molar-refractivity contribution in [3.05, 3.63) is 0 Å². The van der Waals surface area contributed by atoms with Gasteiger partial charge in [-0.1, -0.05) is 52.6 Å². The van der Waals surface area contributed by atoms with Crippen molar-refractivity contribution < 1.29 is 4.74 Å². The van der Waals surface area contributed by atoms with Gasteiger partial charge in [0.05, 0.1) is 6.10 Å². The third-order valence-corrected chi connectivity index (χ3v) is 5.76. The molecule has 0 aromatic rings. The molecule has 0 aromatic carbocycles. The van der Waals surface area contributed by atoms with Gasteiger partial charge in [0.1, 0.15) is 4.51 Å². The Labute approximate surface area is 91.5 Å². The lowest BCUT2D eigenvalue weighted by Gasteiger charge is -2.24. The van der Waals surface area contributed by atoms with E-state index in [1.807, 2.05) is 0 Å². The molecule has 1 saturated heterocycles. The van der Waals surface area contributed by atoms with Gasteiger partial charge >= 0.3 is 0 Å². The molecule has 0 N–H and O–H groups in total. The first-order chi connectivity index (χ1) is 5.55. The molecule has 0 bridgehead atoms. The van der Waals surface area contributed by atoms with Crippen molar-refractivity contribution in [1.29, 1.82) is 0 Å². The standard InChI is InChI=1S/C9H16Br2O/c1-4-8-6(2)7(3)9(11,5-10)12-8/h6-8H,4-5H2,1-3H3/t6-,7?,8-,9-/m1/s1. The lowest BCUT2D eigenvalue weighted by molar-refractivity contribution is 0.0253. The Hall–Kier alpha value is 0.920. The maximum absolute atomic E-state index is 5.94. The predicted octanol–water partition coefficient (Wildman–Crippen LogP) is 3.55. The van der Waals surface area contributed by atoms with Crippen LogP contribution in [0.15, 0.2) is 0 Å². The lowest BCUT2D eigenvalue weighted by Crippen LogP contribution is -2.29. The molecule has 0 aromatic heterocycles. The zero-order chi connectivity index (χ0) is 9.35. The van der Waals surface area contributed by atoms with Crippen molar-refractivity contribution >= 4 is 31.9 Å². The van der Waals surface area contributed by atoms with E-state index in [2.05, 4.69) is 52.6 Å². The van der Waals surface area contributed by atoms with Crippen LogP contribution in [0, 0.1) is 11.8 Å². The molecule has 0 amide bonds.